The van der Waals surface area contributed by atoms with Crippen molar-refractivity contribution in [1.29, 1.82) is 0 Å². The van der Waals surface area contributed by atoms with Crippen LogP contribution in [0.1, 0.15) is 44.6 Å². The molecule has 1 saturated carbocycles. The number of hydrogen-bond donors (Lipinski definition) is 1. The molecule has 2 aromatic heterocycles. The zero-order valence-corrected chi connectivity index (χ0v) is 28.0. The van der Waals surface area contributed by atoms with Gasteiger partial charge in [0.2, 0.25) is 0 Å². The summed E-state index contributed by atoms with van der Waals surface area (Å²) in [5.41, 5.74) is 2.15. The maximum atomic E-state index is 17.0. The molecular weight excluding hydrogens is 611 g/mol. The van der Waals surface area contributed by atoms with Gasteiger partial charge in [-0.25, -0.2) is 4.39 Å². The van der Waals surface area contributed by atoms with Crippen molar-refractivity contribution in [3.8, 4) is 17.3 Å². The Balaban J connectivity index is 1.27. The van der Waals surface area contributed by atoms with Crippen molar-refractivity contribution < 1.29 is 23.4 Å². The molecule has 11 heteroatoms. The number of pyridine rings is 1. The molecule has 1 unspecified atom stereocenters. The average Bonchev–Trinajstić information content (AvgIpc) is 3.88. The van der Waals surface area contributed by atoms with E-state index < -0.39 is 5.82 Å². The smallest absolute Gasteiger partial charge is 0.319 e. The van der Waals surface area contributed by atoms with E-state index in [-0.39, 0.29) is 28.2 Å². The summed E-state index contributed by atoms with van der Waals surface area (Å²) < 4.78 is 33.9. The van der Waals surface area contributed by atoms with Crippen LogP contribution in [0.2, 0.25) is 0 Å². The number of fused-ring (bicyclic) bond motifs is 2. The number of nitrogens with zero attached hydrogens (tertiary/aromatic N) is 5. The van der Waals surface area contributed by atoms with Gasteiger partial charge in [0.05, 0.1) is 31.8 Å². The summed E-state index contributed by atoms with van der Waals surface area (Å²) in [5.74, 6) is 0.163. The predicted octanol–water partition coefficient (Wildman–Crippen LogP) is 5.16. The van der Waals surface area contributed by atoms with Crippen LogP contribution in [0, 0.1) is 11.2 Å². The van der Waals surface area contributed by atoms with E-state index >= 15 is 4.39 Å². The van der Waals surface area contributed by atoms with Crippen molar-refractivity contribution in [3.63, 3.8) is 0 Å². The van der Waals surface area contributed by atoms with Crippen molar-refractivity contribution in [2.75, 3.05) is 71.1 Å². The molecule has 0 bridgehead atoms. The molecule has 4 heterocycles. The first-order chi connectivity index (χ1) is 23.4. The number of carbonyl (C=O) groups excluding carboxylic acids is 1. The summed E-state index contributed by atoms with van der Waals surface area (Å²) in [7, 11) is 1.99. The van der Waals surface area contributed by atoms with Crippen LogP contribution in [0.5, 0.6) is 6.01 Å². The molecule has 2 aromatic carbocycles. The van der Waals surface area contributed by atoms with E-state index in [1.165, 1.54) is 0 Å². The third kappa shape index (κ3) is 6.81. The van der Waals surface area contributed by atoms with Gasteiger partial charge in [0, 0.05) is 55.4 Å². The molecule has 0 spiro atoms. The van der Waals surface area contributed by atoms with Crippen molar-refractivity contribution in [2.24, 2.45) is 5.41 Å². The molecule has 7 rings (SSSR count). The lowest BCUT2D eigenvalue weighted by Gasteiger charge is -2.41. The molecule has 4 aromatic rings. The number of piperidine rings is 1. The molecule has 3 fully saturated rings. The van der Waals surface area contributed by atoms with Gasteiger partial charge in [-0.1, -0.05) is 36.4 Å². The van der Waals surface area contributed by atoms with Gasteiger partial charge >= 0.3 is 6.01 Å². The molecule has 254 valence electrons. The minimum atomic E-state index is -0.490. The van der Waals surface area contributed by atoms with Crippen LogP contribution < -0.4 is 15.0 Å². The molecule has 1 atom stereocenters. The zero-order valence-electron chi connectivity index (χ0n) is 28.0. The number of carbonyl (C=O) groups is 1. The number of anilines is 1. The Hall–Kier alpha value is -3.93. The highest BCUT2D eigenvalue weighted by atomic mass is 19.1. The largest absolute Gasteiger partial charge is 0.468 e. The predicted molar refractivity (Wildman–Crippen MR) is 184 cm³/mol. The Morgan fingerprint density at radius 3 is 2.67 bits per heavy atom. The highest BCUT2D eigenvalue weighted by molar-refractivity contribution is 6.00. The molecule has 10 nitrogen and oxygen atoms in total. The van der Waals surface area contributed by atoms with E-state index in [0.717, 1.165) is 88.0 Å². The third-order valence-corrected chi connectivity index (χ3v) is 10.4. The molecule has 0 amide bonds. The Kier molecular flexibility index (Phi) is 9.44. The topological polar surface area (TPSA) is 102 Å². The summed E-state index contributed by atoms with van der Waals surface area (Å²) in [6.07, 6.45) is 7.25. The number of hydrogen-bond acceptors (Lipinski definition) is 10. The summed E-state index contributed by atoms with van der Waals surface area (Å²) in [6, 6.07) is 12.1. The van der Waals surface area contributed by atoms with E-state index in [4.69, 9.17) is 29.2 Å². The van der Waals surface area contributed by atoms with Gasteiger partial charge in [-0.05, 0) is 68.8 Å². The first-order valence-electron chi connectivity index (χ1n) is 17.2. The Labute approximate surface area is 281 Å². The van der Waals surface area contributed by atoms with Crippen LogP contribution >= 0.6 is 0 Å². The number of benzene rings is 2. The fourth-order valence-electron chi connectivity index (χ4n) is 7.33. The van der Waals surface area contributed by atoms with Crippen LogP contribution in [0.25, 0.3) is 32.9 Å². The number of ether oxygens (including phenoxy) is 3. The first-order valence-corrected chi connectivity index (χ1v) is 17.2. The second kappa shape index (κ2) is 13.9. The normalized spacial score (nSPS) is 21.0. The molecule has 3 aliphatic rings. The second-order valence-electron chi connectivity index (χ2n) is 13.9. The van der Waals surface area contributed by atoms with Crippen LogP contribution in [0.4, 0.5) is 10.2 Å². The van der Waals surface area contributed by atoms with Crippen molar-refractivity contribution in [1.82, 2.24) is 25.2 Å². The lowest BCUT2D eigenvalue weighted by molar-refractivity contribution is -0.128. The standard InChI is InChI=1S/C37H45FN6O4/c1-36(39-2)12-6-15-44(22-36)34-29-21-40-32(28-11-4-9-26-7-3-8-27(30(26)28)10-5-18-47-25-45)31(38)33(29)41-35(42-34)48-24-37(13-14-37)23-43-16-19-46-20-17-43/h3-4,7-9,11,21,25,39H,5-6,10,12-20,22-24H2,1-2H3. The van der Waals surface area contributed by atoms with Gasteiger partial charge in [0.15, 0.2) is 5.82 Å². The van der Waals surface area contributed by atoms with Gasteiger partial charge < -0.3 is 24.4 Å². The van der Waals surface area contributed by atoms with Crippen LogP contribution in [0.15, 0.2) is 42.6 Å². The van der Waals surface area contributed by atoms with E-state index in [1.54, 1.807) is 6.20 Å². The third-order valence-electron chi connectivity index (χ3n) is 10.4. The van der Waals surface area contributed by atoms with Crippen molar-refractivity contribution in [3.05, 3.63) is 54.0 Å². The molecule has 2 saturated heterocycles. The highest BCUT2D eigenvalue weighted by Gasteiger charge is 2.45. The SMILES string of the molecule is CNC1(C)CCCN(c2nc(OCC3(CN4CCOCC4)CC3)nc3c(F)c(-c4cccc5cccc(CCCOC=O)c45)ncc23)C1. The number of morpholine rings is 1. The lowest BCUT2D eigenvalue weighted by Crippen LogP contribution is -2.54. The van der Waals surface area contributed by atoms with Gasteiger partial charge in [-0.2, -0.15) is 9.97 Å². The molecule has 0 radical (unpaired) electrons. The number of aryl methyl sites for hydroxylation is 1. The number of aromatic nitrogens is 3. The Morgan fingerprint density at radius 2 is 1.90 bits per heavy atom. The van der Waals surface area contributed by atoms with Gasteiger partial charge in [-0.3, -0.25) is 14.7 Å². The van der Waals surface area contributed by atoms with E-state index in [9.17, 15) is 4.79 Å². The highest BCUT2D eigenvalue weighted by Crippen LogP contribution is 2.47. The number of halogens is 1. The van der Waals surface area contributed by atoms with Gasteiger partial charge in [0.1, 0.15) is 17.0 Å². The van der Waals surface area contributed by atoms with Crippen LogP contribution in [-0.4, -0.2) is 98.1 Å². The number of likely N-dealkylation sites (N-methyl/N-ethyl adjacent to an activating group) is 1. The van der Waals surface area contributed by atoms with E-state index in [1.807, 2.05) is 43.4 Å². The molecule has 1 aliphatic carbocycles. The summed E-state index contributed by atoms with van der Waals surface area (Å²) in [6.45, 7) is 9.35. The Morgan fingerprint density at radius 1 is 1.08 bits per heavy atom. The van der Waals surface area contributed by atoms with Crippen LogP contribution in [0.3, 0.4) is 0 Å². The van der Waals surface area contributed by atoms with Crippen LogP contribution in [-0.2, 0) is 20.7 Å². The molecular formula is C37H45FN6O4. The fraction of sp³-hybridized carbons (Fsp3) is 0.514. The maximum absolute atomic E-state index is 17.0. The van der Waals surface area contributed by atoms with Crippen molar-refractivity contribution in [2.45, 2.75) is 51.0 Å². The van der Waals surface area contributed by atoms with Crippen molar-refractivity contribution >= 4 is 34.0 Å². The van der Waals surface area contributed by atoms with E-state index in [2.05, 4.69) is 22.0 Å². The minimum Gasteiger partial charge on any atom is -0.468 e. The monoisotopic (exact) mass is 656 g/mol. The van der Waals surface area contributed by atoms with Gasteiger partial charge in [0.25, 0.3) is 6.47 Å². The molecule has 2 aliphatic heterocycles. The average molecular weight is 657 g/mol. The summed E-state index contributed by atoms with van der Waals surface area (Å²) >= 11 is 0. The first kappa shape index (κ1) is 32.6. The molecule has 1 N–H and O–H groups in total. The summed E-state index contributed by atoms with van der Waals surface area (Å²) in [5, 5.41) is 5.97. The maximum Gasteiger partial charge on any atom is 0.319 e. The lowest BCUT2D eigenvalue weighted by atomic mass is 9.91. The second-order valence-corrected chi connectivity index (χ2v) is 13.9. The number of rotatable bonds is 13. The zero-order chi connectivity index (χ0) is 33.1. The number of nitrogens with one attached hydrogen (secondary N) is 1. The molecule has 48 heavy (non-hydrogen) atoms. The summed E-state index contributed by atoms with van der Waals surface area (Å²) in [4.78, 5) is 29.8. The van der Waals surface area contributed by atoms with E-state index in [0.29, 0.717) is 49.3 Å². The quantitative estimate of drug-likeness (QED) is 0.153. The fourth-order valence-corrected chi connectivity index (χ4v) is 7.33. The van der Waals surface area contributed by atoms with Gasteiger partial charge in [-0.15, -0.1) is 0 Å². The minimum absolute atomic E-state index is 0.0592. The Bertz CT molecular complexity index is 1770.